The number of ether oxygens (including phenoxy) is 2. The molecule has 0 unspecified atom stereocenters. The van der Waals surface area contributed by atoms with E-state index in [0.29, 0.717) is 23.7 Å². The third kappa shape index (κ3) is 10.9. The van der Waals surface area contributed by atoms with E-state index < -0.39 is 24.0 Å². The van der Waals surface area contributed by atoms with Crippen LogP contribution in [-0.4, -0.2) is 67.8 Å². The second kappa shape index (κ2) is 16.0. The first kappa shape index (κ1) is 30.2. The van der Waals surface area contributed by atoms with Crippen LogP contribution in [0.4, 0.5) is 4.79 Å². The minimum atomic E-state index is -1.08. The van der Waals surface area contributed by atoms with Gasteiger partial charge in [0.05, 0.1) is 7.11 Å². The number of esters is 1. The third-order valence-corrected chi connectivity index (χ3v) is 6.51. The van der Waals surface area contributed by atoms with E-state index in [1.807, 2.05) is 0 Å². The highest BCUT2D eigenvalue weighted by atomic mass is 35.5. The number of aliphatic imine (C=N–C) groups is 1. The van der Waals surface area contributed by atoms with Gasteiger partial charge in [0.25, 0.3) is 5.91 Å². The quantitative estimate of drug-likeness (QED) is 0.308. The SMILES string of the molecule is COC(=O)[C@H](CCC(=O)N(C)CCN)NC(=O)/C(CC1CCCCC1)=N/C(=O)OCc1cccc(Cl)c1. The van der Waals surface area contributed by atoms with Crippen molar-refractivity contribution in [2.75, 3.05) is 27.2 Å². The summed E-state index contributed by atoms with van der Waals surface area (Å²) < 4.78 is 10.1. The number of amides is 3. The van der Waals surface area contributed by atoms with Gasteiger partial charge in [0.15, 0.2) is 0 Å². The van der Waals surface area contributed by atoms with Gasteiger partial charge in [-0.2, -0.15) is 4.99 Å². The molecule has 0 heterocycles. The first-order chi connectivity index (χ1) is 17.7. The fraction of sp³-hybridized carbons (Fsp3) is 0.577. The summed E-state index contributed by atoms with van der Waals surface area (Å²) in [6.45, 7) is 0.641. The lowest BCUT2D eigenvalue weighted by molar-refractivity contribution is -0.145. The van der Waals surface area contributed by atoms with E-state index in [-0.39, 0.29) is 43.4 Å². The summed E-state index contributed by atoms with van der Waals surface area (Å²) in [4.78, 5) is 55.8. The lowest BCUT2D eigenvalue weighted by Gasteiger charge is -2.23. The molecule has 3 N–H and O–H groups in total. The summed E-state index contributed by atoms with van der Waals surface area (Å²) in [5.41, 5.74) is 6.16. The molecular weight excluding hydrogens is 500 g/mol. The highest BCUT2D eigenvalue weighted by Crippen LogP contribution is 2.27. The van der Waals surface area contributed by atoms with Gasteiger partial charge in [-0.25, -0.2) is 9.59 Å². The first-order valence-electron chi connectivity index (χ1n) is 12.5. The van der Waals surface area contributed by atoms with E-state index >= 15 is 0 Å². The average Bonchev–Trinajstić information content (AvgIpc) is 2.89. The Morgan fingerprint density at radius 2 is 1.95 bits per heavy atom. The molecule has 1 aromatic rings. The molecule has 1 aliphatic carbocycles. The molecule has 1 fully saturated rings. The number of carbonyl (C=O) groups is 4. The van der Waals surface area contributed by atoms with Crippen LogP contribution in [0.3, 0.4) is 0 Å². The zero-order valence-electron chi connectivity index (χ0n) is 21.5. The number of hydrogen-bond acceptors (Lipinski definition) is 7. The summed E-state index contributed by atoms with van der Waals surface area (Å²) in [5.74, 6) is -1.37. The molecule has 0 spiro atoms. The predicted octanol–water partition coefficient (Wildman–Crippen LogP) is 3.24. The van der Waals surface area contributed by atoms with Gasteiger partial charge in [0.2, 0.25) is 5.91 Å². The minimum absolute atomic E-state index is 0.00727. The van der Waals surface area contributed by atoms with Crippen molar-refractivity contribution >= 4 is 41.2 Å². The summed E-state index contributed by atoms with van der Waals surface area (Å²) >= 11 is 5.97. The number of hydrogen-bond donors (Lipinski definition) is 2. The monoisotopic (exact) mass is 536 g/mol. The molecule has 37 heavy (non-hydrogen) atoms. The number of carbonyl (C=O) groups excluding carboxylic acids is 4. The van der Waals surface area contributed by atoms with Gasteiger partial charge in [-0.3, -0.25) is 9.59 Å². The maximum atomic E-state index is 13.2. The van der Waals surface area contributed by atoms with Gasteiger partial charge >= 0.3 is 12.1 Å². The number of methoxy groups -OCH3 is 1. The van der Waals surface area contributed by atoms with E-state index in [9.17, 15) is 19.2 Å². The molecule has 10 nitrogen and oxygen atoms in total. The molecule has 1 saturated carbocycles. The van der Waals surface area contributed by atoms with Crippen molar-refractivity contribution in [2.24, 2.45) is 16.6 Å². The van der Waals surface area contributed by atoms with Crippen molar-refractivity contribution in [1.82, 2.24) is 10.2 Å². The first-order valence-corrected chi connectivity index (χ1v) is 12.9. The Balaban J connectivity index is 2.12. The average molecular weight is 537 g/mol. The standard InChI is InChI=1S/C26H37ClN4O6/c1-31(14-13-28)23(32)12-11-21(25(34)36-2)29-24(33)22(16-18-7-4-3-5-8-18)30-26(35)37-17-19-9-6-10-20(27)15-19/h6,9-10,15,18,21H,3-5,7-8,11-14,16-17,28H2,1-2H3,(H,29,33)/b30-22+/t21-/m0/s1. The Hall–Kier alpha value is -2.98. The Kier molecular flexibility index (Phi) is 13.1. The number of rotatable bonds is 12. The van der Waals surface area contributed by atoms with Gasteiger partial charge in [-0.05, 0) is 36.5 Å². The van der Waals surface area contributed by atoms with Crippen LogP contribution >= 0.6 is 11.6 Å². The molecule has 0 bridgehead atoms. The summed E-state index contributed by atoms with van der Waals surface area (Å²) in [6, 6.07) is 5.79. The Morgan fingerprint density at radius 1 is 1.22 bits per heavy atom. The number of benzene rings is 1. The van der Waals surface area contributed by atoms with E-state index in [2.05, 4.69) is 10.3 Å². The third-order valence-electron chi connectivity index (χ3n) is 6.27. The van der Waals surface area contributed by atoms with Gasteiger partial charge in [0.1, 0.15) is 18.4 Å². The highest BCUT2D eigenvalue weighted by Gasteiger charge is 2.27. The van der Waals surface area contributed by atoms with Crippen LogP contribution in [0.2, 0.25) is 5.02 Å². The van der Waals surface area contributed by atoms with Gasteiger partial charge in [-0.15, -0.1) is 0 Å². The van der Waals surface area contributed by atoms with Crippen molar-refractivity contribution in [3.8, 4) is 0 Å². The highest BCUT2D eigenvalue weighted by molar-refractivity contribution is 6.40. The molecule has 0 radical (unpaired) electrons. The van der Waals surface area contributed by atoms with Crippen LogP contribution in [-0.2, 0) is 30.5 Å². The van der Waals surface area contributed by atoms with Crippen molar-refractivity contribution in [3.05, 3.63) is 34.9 Å². The second-order valence-corrected chi connectivity index (χ2v) is 9.58. The van der Waals surface area contributed by atoms with Crippen molar-refractivity contribution < 1.29 is 28.7 Å². The fourth-order valence-electron chi connectivity index (χ4n) is 4.18. The Bertz CT molecular complexity index is 964. The smallest absolute Gasteiger partial charge is 0.434 e. The predicted molar refractivity (Wildman–Crippen MR) is 140 cm³/mol. The van der Waals surface area contributed by atoms with Crippen LogP contribution in [0.1, 0.15) is 56.9 Å². The van der Waals surface area contributed by atoms with E-state index in [1.165, 1.54) is 12.0 Å². The van der Waals surface area contributed by atoms with Crippen LogP contribution in [0.15, 0.2) is 29.3 Å². The van der Waals surface area contributed by atoms with Crippen molar-refractivity contribution in [2.45, 2.75) is 64.0 Å². The molecule has 1 atom stereocenters. The van der Waals surface area contributed by atoms with Crippen LogP contribution in [0.5, 0.6) is 0 Å². The molecule has 3 amide bonds. The van der Waals surface area contributed by atoms with Gasteiger partial charge < -0.3 is 25.4 Å². The maximum absolute atomic E-state index is 13.2. The van der Waals surface area contributed by atoms with E-state index in [1.54, 1.807) is 31.3 Å². The Labute approximate surface area is 222 Å². The van der Waals surface area contributed by atoms with Crippen LogP contribution in [0.25, 0.3) is 0 Å². The molecule has 2 rings (SSSR count). The van der Waals surface area contributed by atoms with Crippen molar-refractivity contribution in [3.63, 3.8) is 0 Å². The van der Waals surface area contributed by atoms with Crippen molar-refractivity contribution in [1.29, 1.82) is 0 Å². The lowest BCUT2D eigenvalue weighted by Crippen LogP contribution is -2.46. The normalized spacial score (nSPS) is 15.0. The molecule has 0 saturated heterocycles. The number of nitrogens with zero attached hydrogens (tertiary/aromatic N) is 2. The number of nitrogens with one attached hydrogen (secondary N) is 1. The summed E-state index contributed by atoms with van der Waals surface area (Å²) in [5, 5.41) is 3.12. The topological polar surface area (TPSA) is 140 Å². The molecule has 0 aromatic heterocycles. The van der Waals surface area contributed by atoms with Crippen LogP contribution in [0, 0.1) is 5.92 Å². The molecular formula is C26H37ClN4O6. The summed E-state index contributed by atoms with van der Waals surface area (Å²) in [6.07, 6.45) is 4.48. The fourth-order valence-corrected chi connectivity index (χ4v) is 4.39. The Morgan fingerprint density at radius 3 is 2.59 bits per heavy atom. The zero-order valence-corrected chi connectivity index (χ0v) is 22.3. The zero-order chi connectivity index (χ0) is 27.2. The molecule has 204 valence electrons. The van der Waals surface area contributed by atoms with E-state index in [4.69, 9.17) is 26.8 Å². The van der Waals surface area contributed by atoms with Gasteiger partial charge in [0, 0.05) is 31.6 Å². The molecule has 1 aromatic carbocycles. The lowest BCUT2D eigenvalue weighted by atomic mass is 9.85. The van der Waals surface area contributed by atoms with E-state index in [0.717, 1.165) is 32.1 Å². The number of likely N-dealkylation sites (N-methyl/N-ethyl adjacent to an activating group) is 1. The number of nitrogens with two attached hydrogens (primary N) is 1. The second-order valence-electron chi connectivity index (χ2n) is 9.14. The van der Waals surface area contributed by atoms with Gasteiger partial charge in [-0.1, -0.05) is 55.8 Å². The molecule has 1 aliphatic rings. The molecule has 0 aliphatic heterocycles. The summed E-state index contributed by atoms with van der Waals surface area (Å²) in [7, 11) is 2.82. The maximum Gasteiger partial charge on any atom is 0.434 e. The van der Waals surface area contributed by atoms with Crippen LogP contribution < -0.4 is 11.1 Å². The largest absolute Gasteiger partial charge is 0.467 e. The minimum Gasteiger partial charge on any atom is -0.467 e. The molecule has 11 heteroatoms. The number of halogens is 1.